The molecule has 0 unspecified atom stereocenters. The van der Waals surface area contributed by atoms with Gasteiger partial charge in [-0.2, -0.15) is 0 Å². The van der Waals surface area contributed by atoms with Crippen LogP contribution in [0.2, 0.25) is 0 Å². The molecular weight excluding hydrogens is 310 g/mol. The fourth-order valence-corrected chi connectivity index (χ4v) is 1.58. The predicted molar refractivity (Wildman–Crippen MR) is 92.8 cm³/mol. The first-order chi connectivity index (χ1) is 11.1. The Hall–Kier alpha value is -2.83. The van der Waals surface area contributed by atoms with E-state index >= 15 is 0 Å². The Morgan fingerprint density at radius 3 is 2.25 bits per heavy atom. The van der Waals surface area contributed by atoms with Gasteiger partial charge in [0.05, 0.1) is 0 Å². The molecule has 1 rings (SSSR count). The Balaban J connectivity index is 2.54. The van der Waals surface area contributed by atoms with E-state index in [0.29, 0.717) is 16.9 Å². The summed E-state index contributed by atoms with van der Waals surface area (Å²) in [5, 5.41) is 7.64. The highest BCUT2D eigenvalue weighted by molar-refractivity contribution is 6.03. The largest absolute Gasteiger partial charge is 0.444 e. The summed E-state index contributed by atoms with van der Waals surface area (Å²) in [5.74, 6) is -0.714. The maximum absolute atomic E-state index is 11.8. The number of rotatable bonds is 5. The van der Waals surface area contributed by atoms with Gasteiger partial charge in [0.15, 0.2) is 0 Å². The van der Waals surface area contributed by atoms with Crippen LogP contribution in [0.3, 0.4) is 0 Å². The fourth-order valence-electron chi connectivity index (χ4n) is 1.58. The molecule has 24 heavy (non-hydrogen) atoms. The highest BCUT2D eigenvalue weighted by Crippen LogP contribution is 2.15. The normalized spacial score (nSPS) is 10.5. The van der Waals surface area contributed by atoms with E-state index in [1.165, 1.54) is 0 Å². The number of ether oxygens (including phenoxy) is 1. The fraction of sp³-hybridized carbons (Fsp3) is 0.353. The van der Waals surface area contributed by atoms with Gasteiger partial charge < -0.3 is 20.7 Å². The van der Waals surface area contributed by atoms with Crippen LogP contribution in [0.25, 0.3) is 0 Å². The summed E-state index contributed by atoms with van der Waals surface area (Å²) in [4.78, 5) is 34.9. The Morgan fingerprint density at radius 1 is 1.12 bits per heavy atom. The van der Waals surface area contributed by atoms with Gasteiger partial charge >= 0.3 is 6.09 Å². The van der Waals surface area contributed by atoms with E-state index in [9.17, 15) is 14.4 Å². The SMILES string of the molecule is C=C(C)C(=O)Nc1cccc(NC(=O)CNC(=O)OC(C)(C)C)c1. The monoisotopic (exact) mass is 333 g/mol. The van der Waals surface area contributed by atoms with Crippen LogP contribution < -0.4 is 16.0 Å². The lowest BCUT2D eigenvalue weighted by molar-refractivity contribution is -0.115. The number of nitrogens with one attached hydrogen (secondary N) is 3. The molecule has 0 fully saturated rings. The first-order valence-electron chi connectivity index (χ1n) is 7.40. The lowest BCUT2D eigenvalue weighted by Crippen LogP contribution is -2.37. The Morgan fingerprint density at radius 2 is 1.71 bits per heavy atom. The molecule has 1 aromatic rings. The Labute approximate surface area is 141 Å². The molecule has 0 spiro atoms. The molecule has 3 amide bonds. The van der Waals surface area contributed by atoms with Crippen LogP contribution in [0.15, 0.2) is 36.4 Å². The lowest BCUT2D eigenvalue weighted by Gasteiger charge is -2.19. The summed E-state index contributed by atoms with van der Waals surface area (Å²) in [6.07, 6.45) is -0.667. The number of benzene rings is 1. The van der Waals surface area contributed by atoms with Gasteiger partial charge in [-0.3, -0.25) is 9.59 Å². The number of alkyl carbamates (subject to hydrolysis) is 1. The van der Waals surface area contributed by atoms with E-state index in [2.05, 4.69) is 22.5 Å². The average molecular weight is 333 g/mol. The second-order valence-electron chi connectivity index (χ2n) is 6.22. The molecule has 0 atom stereocenters. The van der Waals surface area contributed by atoms with E-state index in [1.54, 1.807) is 52.0 Å². The molecular formula is C17H23N3O4. The Bertz CT molecular complexity index is 647. The highest BCUT2D eigenvalue weighted by Gasteiger charge is 2.16. The number of hydrogen-bond acceptors (Lipinski definition) is 4. The van der Waals surface area contributed by atoms with Gasteiger partial charge in [-0.25, -0.2) is 4.79 Å². The van der Waals surface area contributed by atoms with E-state index in [1.807, 2.05) is 0 Å². The summed E-state index contributed by atoms with van der Waals surface area (Å²) >= 11 is 0. The van der Waals surface area contributed by atoms with Gasteiger partial charge in [0.25, 0.3) is 5.91 Å². The molecule has 0 aliphatic heterocycles. The quantitative estimate of drug-likeness (QED) is 0.722. The van der Waals surface area contributed by atoms with Crippen molar-refractivity contribution < 1.29 is 19.1 Å². The number of anilines is 2. The Kier molecular flexibility index (Phi) is 6.52. The van der Waals surface area contributed by atoms with Crippen LogP contribution in [0.4, 0.5) is 16.2 Å². The lowest BCUT2D eigenvalue weighted by atomic mass is 10.2. The third kappa shape index (κ3) is 7.44. The highest BCUT2D eigenvalue weighted by atomic mass is 16.6. The molecule has 130 valence electrons. The minimum absolute atomic E-state index is 0.225. The molecule has 7 nitrogen and oxygen atoms in total. The maximum Gasteiger partial charge on any atom is 0.408 e. The van der Waals surface area contributed by atoms with Gasteiger partial charge in [0.2, 0.25) is 5.91 Å². The van der Waals surface area contributed by atoms with Crippen molar-refractivity contribution in [1.82, 2.24) is 5.32 Å². The molecule has 3 N–H and O–H groups in total. The molecule has 7 heteroatoms. The summed E-state index contributed by atoms with van der Waals surface area (Å²) in [7, 11) is 0. The van der Waals surface area contributed by atoms with E-state index in [4.69, 9.17) is 4.74 Å². The van der Waals surface area contributed by atoms with E-state index in [0.717, 1.165) is 0 Å². The minimum Gasteiger partial charge on any atom is -0.444 e. The topological polar surface area (TPSA) is 96.5 Å². The molecule has 1 aromatic carbocycles. The van der Waals surface area contributed by atoms with Gasteiger partial charge in [-0.05, 0) is 45.9 Å². The third-order valence-corrected chi connectivity index (χ3v) is 2.58. The van der Waals surface area contributed by atoms with Crippen LogP contribution >= 0.6 is 0 Å². The van der Waals surface area contributed by atoms with Crippen molar-refractivity contribution in [2.75, 3.05) is 17.2 Å². The van der Waals surface area contributed by atoms with Gasteiger partial charge in [-0.15, -0.1) is 0 Å². The first-order valence-corrected chi connectivity index (χ1v) is 7.40. The summed E-state index contributed by atoms with van der Waals surface area (Å²) in [6.45, 7) is 10.1. The maximum atomic E-state index is 11.8. The van der Waals surface area contributed by atoms with Gasteiger partial charge in [0, 0.05) is 16.9 Å². The second-order valence-corrected chi connectivity index (χ2v) is 6.22. The van der Waals surface area contributed by atoms with Crippen molar-refractivity contribution in [1.29, 1.82) is 0 Å². The van der Waals surface area contributed by atoms with Gasteiger partial charge in [0.1, 0.15) is 12.1 Å². The van der Waals surface area contributed by atoms with Crippen LogP contribution in [0.5, 0.6) is 0 Å². The van der Waals surface area contributed by atoms with Crippen molar-refractivity contribution in [3.63, 3.8) is 0 Å². The standard InChI is InChI=1S/C17H23N3O4/c1-11(2)15(22)20-13-8-6-7-12(9-13)19-14(21)10-18-16(23)24-17(3,4)5/h6-9H,1,10H2,2-5H3,(H,18,23)(H,19,21)(H,20,22). The van der Waals surface area contributed by atoms with E-state index in [-0.39, 0.29) is 12.5 Å². The molecule has 0 saturated carbocycles. The zero-order chi connectivity index (χ0) is 18.3. The molecule has 0 radical (unpaired) electrons. The first kappa shape index (κ1) is 19.2. The molecule has 0 aromatic heterocycles. The zero-order valence-corrected chi connectivity index (χ0v) is 14.4. The van der Waals surface area contributed by atoms with Gasteiger partial charge in [-0.1, -0.05) is 12.6 Å². The van der Waals surface area contributed by atoms with Crippen molar-refractivity contribution in [2.24, 2.45) is 0 Å². The smallest absolute Gasteiger partial charge is 0.408 e. The van der Waals surface area contributed by atoms with E-state index < -0.39 is 17.6 Å². The molecule has 0 aliphatic carbocycles. The summed E-state index contributed by atoms with van der Waals surface area (Å²) < 4.78 is 5.04. The van der Waals surface area contributed by atoms with Crippen molar-refractivity contribution in [3.05, 3.63) is 36.4 Å². The van der Waals surface area contributed by atoms with Crippen LogP contribution in [0.1, 0.15) is 27.7 Å². The average Bonchev–Trinajstić information content (AvgIpc) is 2.43. The molecule has 0 aliphatic rings. The summed E-state index contributed by atoms with van der Waals surface area (Å²) in [5.41, 5.74) is 0.772. The van der Waals surface area contributed by atoms with Crippen molar-refractivity contribution in [2.45, 2.75) is 33.3 Å². The number of carbonyl (C=O) groups excluding carboxylic acids is 3. The van der Waals surface area contributed by atoms with Crippen LogP contribution in [-0.4, -0.2) is 30.1 Å². The minimum atomic E-state index is -0.667. The molecule has 0 bridgehead atoms. The van der Waals surface area contributed by atoms with Crippen molar-refractivity contribution >= 4 is 29.3 Å². The zero-order valence-electron chi connectivity index (χ0n) is 14.4. The van der Waals surface area contributed by atoms with Crippen molar-refractivity contribution in [3.8, 4) is 0 Å². The summed E-state index contributed by atoms with van der Waals surface area (Å²) in [6, 6.07) is 6.65. The number of carbonyl (C=O) groups is 3. The molecule has 0 saturated heterocycles. The van der Waals surface area contributed by atoms with Crippen LogP contribution in [-0.2, 0) is 14.3 Å². The predicted octanol–water partition coefficient (Wildman–Crippen LogP) is 2.66. The third-order valence-electron chi connectivity index (χ3n) is 2.58. The number of hydrogen-bond donors (Lipinski definition) is 3. The second kappa shape index (κ2) is 8.14. The molecule has 0 heterocycles. The van der Waals surface area contributed by atoms with Crippen LogP contribution in [0, 0.1) is 0 Å². The number of amides is 3.